The molecule has 0 saturated heterocycles. The zero-order valence-electron chi connectivity index (χ0n) is 17.3. The first-order valence-corrected chi connectivity index (χ1v) is 9.70. The summed E-state index contributed by atoms with van der Waals surface area (Å²) >= 11 is 6.32. The fraction of sp³-hybridized carbons (Fsp3) is 0.143. The molecule has 10 nitrogen and oxygen atoms in total. The number of amides is 2. The maximum absolute atomic E-state index is 12.1. The van der Waals surface area contributed by atoms with Gasteiger partial charge in [-0.15, -0.1) is 0 Å². The van der Waals surface area contributed by atoms with E-state index in [4.69, 9.17) is 30.3 Å². The highest BCUT2D eigenvalue weighted by atomic mass is 35.5. The van der Waals surface area contributed by atoms with Crippen molar-refractivity contribution in [2.45, 2.75) is 6.92 Å². The van der Waals surface area contributed by atoms with E-state index in [0.29, 0.717) is 45.4 Å². The second-order valence-electron chi connectivity index (χ2n) is 6.56. The van der Waals surface area contributed by atoms with Gasteiger partial charge in [-0.1, -0.05) is 16.8 Å². The summed E-state index contributed by atoms with van der Waals surface area (Å²) in [5.74, 6) is 2.01. The summed E-state index contributed by atoms with van der Waals surface area (Å²) in [4.78, 5) is 20.6. The number of aromatic nitrogens is 3. The van der Waals surface area contributed by atoms with Gasteiger partial charge in [-0.25, -0.2) is 14.8 Å². The second kappa shape index (κ2) is 8.98. The zero-order chi connectivity index (χ0) is 22.7. The van der Waals surface area contributed by atoms with Gasteiger partial charge in [-0.3, -0.25) is 5.32 Å². The standard InChI is InChI=1S/C21H18ClN5O5/c1-11-6-19(32-27-11)26-21(28)25-15-5-4-12(7-14(15)22)31-20-13-8-17(29-2)18(30-3)9-16(13)23-10-24-20/h4-10H,1-3H3,(H2,25,26,28). The molecule has 2 aromatic heterocycles. The van der Waals surface area contributed by atoms with Crippen LogP contribution in [-0.2, 0) is 0 Å². The van der Waals surface area contributed by atoms with Gasteiger partial charge in [0.25, 0.3) is 0 Å². The second-order valence-corrected chi connectivity index (χ2v) is 6.97. The topological polar surface area (TPSA) is 121 Å². The quantitative estimate of drug-likeness (QED) is 0.415. The number of nitrogens with one attached hydrogen (secondary N) is 2. The van der Waals surface area contributed by atoms with Crippen LogP contribution in [0.15, 0.2) is 47.2 Å². The molecule has 0 aliphatic rings. The molecular weight excluding hydrogens is 438 g/mol. The summed E-state index contributed by atoms with van der Waals surface area (Å²) in [5.41, 5.74) is 1.65. The Hall–Kier alpha value is -4.05. The molecule has 4 rings (SSSR count). The van der Waals surface area contributed by atoms with Gasteiger partial charge < -0.3 is 24.1 Å². The number of fused-ring (bicyclic) bond motifs is 1. The summed E-state index contributed by atoms with van der Waals surface area (Å²) in [6.07, 6.45) is 1.39. The number of aryl methyl sites for hydroxylation is 1. The molecule has 0 atom stereocenters. The maximum atomic E-state index is 12.1. The summed E-state index contributed by atoms with van der Waals surface area (Å²) in [6, 6.07) is 9.34. The number of carbonyl (C=O) groups is 1. The van der Waals surface area contributed by atoms with Crippen LogP contribution in [0, 0.1) is 6.92 Å². The molecule has 2 amide bonds. The number of rotatable bonds is 6. The monoisotopic (exact) mass is 455 g/mol. The van der Waals surface area contributed by atoms with Gasteiger partial charge in [0.2, 0.25) is 11.8 Å². The number of benzene rings is 2. The van der Waals surface area contributed by atoms with Crippen molar-refractivity contribution in [3.8, 4) is 23.1 Å². The highest BCUT2D eigenvalue weighted by molar-refractivity contribution is 6.34. The van der Waals surface area contributed by atoms with E-state index in [1.807, 2.05) is 0 Å². The van der Waals surface area contributed by atoms with Gasteiger partial charge in [0.05, 0.1) is 41.5 Å². The number of hydrogen-bond donors (Lipinski definition) is 2. The van der Waals surface area contributed by atoms with E-state index in [2.05, 4.69) is 25.8 Å². The van der Waals surface area contributed by atoms with Crippen molar-refractivity contribution in [1.29, 1.82) is 0 Å². The summed E-state index contributed by atoms with van der Waals surface area (Å²) in [5, 5.41) is 9.76. The molecular formula is C21H18ClN5O5. The Kier molecular flexibility index (Phi) is 5.95. The largest absolute Gasteiger partial charge is 0.493 e. The van der Waals surface area contributed by atoms with Gasteiger partial charge in [-0.2, -0.15) is 0 Å². The molecule has 0 saturated carbocycles. The van der Waals surface area contributed by atoms with E-state index >= 15 is 0 Å². The Morgan fingerprint density at radius 2 is 1.81 bits per heavy atom. The Morgan fingerprint density at radius 3 is 2.50 bits per heavy atom. The number of hydrogen-bond acceptors (Lipinski definition) is 8. The predicted molar refractivity (Wildman–Crippen MR) is 118 cm³/mol. The van der Waals surface area contributed by atoms with Crippen molar-refractivity contribution in [3.05, 3.63) is 53.4 Å². The molecule has 2 heterocycles. The molecule has 0 aliphatic heterocycles. The number of halogens is 1. The van der Waals surface area contributed by atoms with Crippen LogP contribution in [0.2, 0.25) is 5.02 Å². The van der Waals surface area contributed by atoms with Crippen molar-refractivity contribution >= 4 is 40.1 Å². The lowest BCUT2D eigenvalue weighted by Crippen LogP contribution is -2.19. The predicted octanol–water partition coefficient (Wildman–Crippen LogP) is 5.03. The zero-order valence-corrected chi connectivity index (χ0v) is 18.1. The minimum absolute atomic E-state index is 0.221. The van der Waals surface area contributed by atoms with Crippen LogP contribution >= 0.6 is 11.6 Å². The van der Waals surface area contributed by atoms with Crippen LogP contribution in [0.1, 0.15) is 5.69 Å². The van der Waals surface area contributed by atoms with E-state index < -0.39 is 6.03 Å². The van der Waals surface area contributed by atoms with Gasteiger partial charge >= 0.3 is 6.03 Å². The van der Waals surface area contributed by atoms with E-state index in [-0.39, 0.29) is 10.9 Å². The normalized spacial score (nSPS) is 10.6. The summed E-state index contributed by atoms with van der Waals surface area (Å²) < 4.78 is 21.5. The van der Waals surface area contributed by atoms with Crippen molar-refractivity contribution in [3.63, 3.8) is 0 Å². The molecule has 32 heavy (non-hydrogen) atoms. The average Bonchev–Trinajstić information content (AvgIpc) is 3.19. The number of anilines is 2. The molecule has 164 valence electrons. The molecule has 0 radical (unpaired) electrons. The van der Waals surface area contributed by atoms with Crippen LogP contribution in [0.3, 0.4) is 0 Å². The van der Waals surface area contributed by atoms with Crippen LogP contribution in [-0.4, -0.2) is 35.4 Å². The third-order valence-corrected chi connectivity index (χ3v) is 4.68. The van der Waals surface area contributed by atoms with E-state index in [0.717, 1.165) is 0 Å². The van der Waals surface area contributed by atoms with Gasteiger partial charge in [0, 0.05) is 18.2 Å². The van der Waals surface area contributed by atoms with Crippen molar-refractivity contribution < 1.29 is 23.5 Å². The molecule has 0 bridgehead atoms. The van der Waals surface area contributed by atoms with E-state index in [1.165, 1.54) is 6.33 Å². The summed E-state index contributed by atoms with van der Waals surface area (Å²) in [6.45, 7) is 1.75. The number of nitrogens with zero attached hydrogens (tertiary/aromatic N) is 3. The van der Waals surface area contributed by atoms with Gasteiger partial charge in [0.1, 0.15) is 12.1 Å². The molecule has 0 fully saturated rings. The lowest BCUT2D eigenvalue weighted by molar-refractivity contribution is 0.261. The van der Waals surface area contributed by atoms with E-state index in [1.54, 1.807) is 57.5 Å². The SMILES string of the molecule is COc1cc2ncnc(Oc3ccc(NC(=O)Nc4cc(C)no4)c(Cl)c3)c2cc1OC. The van der Waals surface area contributed by atoms with Crippen LogP contribution < -0.4 is 24.8 Å². The van der Waals surface area contributed by atoms with Crippen LogP contribution in [0.4, 0.5) is 16.4 Å². The highest BCUT2D eigenvalue weighted by Gasteiger charge is 2.14. The third-order valence-electron chi connectivity index (χ3n) is 4.37. The molecule has 4 aromatic rings. The first-order chi connectivity index (χ1) is 15.5. The first-order valence-electron chi connectivity index (χ1n) is 9.32. The van der Waals surface area contributed by atoms with Crippen molar-refractivity contribution in [2.75, 3.05) is 24.9 Å². The number of urea groups is 1. The van der Waals surface area contributed by atoms with Crippen molar-refractivity contribution in [1.82, 2.24) is 15.1 Å². The number of methoxy groups -OCH3 is 2. The summed E-state index contributed by atoms with van der Waals surface area (Å²) in [7, 11) is 3.09. The van der Waals surface area contributed by atoms with Crippen LogP contribution in [0.25, 0.3) is 10.9 Å². The first kappa shape index (κ1) is 21.2. The molecule has 0 aliphatic carbocycles. The molecule has 2 N–H and O–H groups in total. The number of ether oxygens (including phenoxy) is 3. The molecule has 11 heteroatoms. The minimum Gasteiger partial charge on any atom is -0.493 e. The van der Waals surface area contributed by atoms with Crippen LogP contribution in [0.5, 0.6) is 23.1 Å². The lowest BCUT2D eigenvalue weighted by atomic mass is 10.2. The van der Waals surface area contributed by atoms with Gasteiger partial charge in [0.15, 0.2) is 11.5 Å². The number of carbonyl (C=O) groups excluding carboxylic acids is 1. The third kappa shape index (κ3) is 4.49. The Labute approximate surface area is 187 Å². The fourth-order valence-electron chi connectivity index (χ4n) is 2.90. The lowest BCUT2D eigenvalue weighted by Gasteiger charge is -2.12. The highest BCUT2D eigenvalue weighted by Crippen LogP contribution is 2.36. The Morgan fingerprint density at radius 1 is 1.03 bits per heavy atom. The molecule has 0 unspecified atom stereocenters. The minimum atomic E-state index is -0.528. The molecule has 0 spiro atoms. The molecule has 2 aromatic carbocycles. The maximum Gasteiger partial charge on any atom is 0.326 e. The Bertz CT molecular complexity index is 1290. The van der Waals surface area contributed by atoms with Gasteiger partial charge in [-0.05, 0) is 25.1 Å². The van der Waals surface area contributed by atoms with Crippen molar-refractivity contribution in [2.24, 2.45) is 0 Å². The average molecular weight is 456 g/mol. The van der Waals surface area contributed by atoms with E-state index in [9.17, 15) is 4.79 Å². The fourth-order valence-corrected chi connectivity index (χ4v) is 3.12. The smallest absolute Gasteiger partial charge is 0.326 e. The Balaban J connectivity index is 1.53.